The van der Waals surface area contributed by atoms with Crippen molar-refractivity contribution in [3.05, 3.63) is 38.6 Å². The van der Waals surface area contributed by atoms with Gasteiger partial charge in [-0.1, -0.05) is 11.3 Å². The van der Waals surface area contributed by atoms with E-state index in [1.165, 1.54) is 18.2 Å². The first kappa shape index (κ1) is 9.54. The molecule has 0 amide bonds. The highest BCUT2D eigenvalue weighted by atomic mass is 79.9. The second-order valence-corrected chi connectivity index (χ2v) is 4.47. The first-order valence-electron chi connectivity index (χ1n) is 3.61. The summed E-state index contributed by atoms with van der Waals surface area (Å²) in [5, 5.41) is 11.0. The number of halogens is 2. The van der Waals surface area contributed by atoms with Gasteiger partial charge in [0.15, 0.2) is 0 Å². The van der Waals surface area contributed by atoms with Gasteiger partial charge < -0.3 is 0 Å². The molecular weight excluding hydrogens is 273 g/mol. The first-order chi connectivity index (χ1) is 6.59. The Hall–Kier alpha value is -1.01. The molecule has 0 N–H and O–H groups in total. The van der Waals surface area contributed by atoms with Crippen LogP contribution in [0.15, 0.2) is 22.7 Å². The number of nitrogens with zero attached hydrogens (tertiary/aromatic N) is 1. The molecule has 0 unspecified atom stereocenters. The Labute approximate surface area is 90.4 Å². The molecule has 0 aliphatic rings. The monoisotopic (exact) mass is 275 g/mol. The first-order valence-corrected chi connectivity index (χ1v) is 5.22. The normalized spacial score (nSPS) is 10.7. The third-order valence-corrected chi connectivity index (χ3v) is 3.61. The van der Waals surface area contributed by atoms with Crippen LogP contribution in [0.25, 0.3) is 10.1 Å². The van der Waals surface area contributed by atoms with Gasteiger partial charge >= 0.3 is 5.00 Å². The molecule has 0 spiro atoms. The Kier molecular flexibility index (Phi) is 2.24. The Morgan fingerprint density at radius 1 is 1.50 bits per heavy atom. The van der Waals surface area contributed by atoms with E-state index in [0.29, 0.717) is 10.1 Å². The van der Waals surface area contributed by atoms with Gasteiger partial charge in [-0.3, -0.25) is 10.1 Å². The molecule has 0 radical (unpaired) electrons. The Morgan fingerprint density at radius 3 is 2.86 bits per heavy atom. The number of nitro groups is 1. The third-order valence-electron chi connectivity index (χ3n) is 1.75. The summed E-state index contributed by atoms with van der Waals surface area (Å²) in [5.74, 6) is -0.412. The van der Waals surface area contributed by atoms with Crippen molar-refractivity contribution in [1.82, 2.24) is 0 Å². The molecule has 0 aliphatic heterocycles. The Bertz CT molecular complexity index is 525. The van der Waals surface area contributed by atoms with Crippen molar-refractivity contribution < 1.29 is 9.31 Å². The van der Waals surface area contributed by atoms with E-state index in [4.69, 9.17) is 0 Å². The van der Waals surface area contributed by atoms with E-state index in [0.717, 1.165) is 11.3 Å². The quantitative estimate of drug-likeness (QED) is 0.588. The maximum Gasteiger partial charge on any atom is 0.325 e. The van der Waals surface area contributed by atoms with Crippen LogP contribution in [0.1, 0.15) is 0 Å². The third kappa shape index (κ3) is 1.40. The van der Waals surface area contributed by atoms with Crippen molar-refractivity contribution in [1.29, 1.82) is 0 Å². The summed E-state index contributed by atoms with van der Waals surface area (Å²) >= 11 is 4.08. The fraction of sp³-hybridized carbons (Fsp3) is 0. The minimum absolute atomic E-state index is 0.0197. The van der Waals surface area contributed by atoms with E-state index < -0.39 is 10.7 Å². The number of rotatable bonds is 1. The average Bonchev–Trinajstić information content (AvgIpc) is 2.56. The van der Waals surface area contributed by atoms with Crippen LogP contribution in [0.2, 0.25) is 0 Å². The number of hydrogen-bond acceptors (Lipinski definition) is 3. The summed E-state index contributed by atoms with van der Waals surface area (Å²) < 4.78 is 14.0. The lowest BCUT2D eigenvalue weighted by Gasteiger charge is -1.93. The fourth-order valence-corrected chi connectivity index (χ4v) is 2.60. The fourth-order valence-electron chi connectivity index (χ4n) is 1.13. The molecule has 0 saturated heterocycles. The second-order valence-electron chi connectivity index (χ2n) is 2.61. The SMILES string of the molecule is O=[N+]([O-])c1cc2c(Br)c(F)ccc2s1. The summed E-state index contributed by atoms with van der Waals surface area (Å²) in [6, 6.07) is 4.19. The van der Waals surface area contributed by atoms with Crippen molar-refractivity contribution in [3.63, 3.8) is 0 Å². The maximum absolute atomic E-state index is 13.0. The van der Waals surface area contributed by atoms with Crippen LogP contribution < -0.4 is 0 Å². The Morgan fingerprint density at radius 2 is 2.21 bits per heavy atom. The van der Waals surface area contributed by atoms with Crippen molar-refractivity contribution in [2.45, 2.75) is 0 Å². The smallest absolute Gasteiger partial charge is 0.258 e. The largest absolute Gasteiger partial charge is 0.325 e. The summed E-state index contributed by atoms with van der Waals surface area (Å²) in [6.07, 6.45) is 0. The molecule has 0 bridgehead atoms. The van der Waals surface area contributed by atoms with Crippen LogP contribution in [-0.2, 0) is 0 Å². The summed E-state index contributed by atoms with van der Waals surface area (Å²) in [6.45, 7) is 0. The molecule has 1 heterocycles. The number of hydrogen-bond donors (Lipinski definition) is 0. The summed E-state index contributed by atoms with van der Waals surface area (Å²) in [7, 11) is 0. The van der Waals surface area contributed by atoms with E-state index >= 15 is 0 Å². The lowest BCUT2D eigenvalue weighted by atomic mass is 10.2. The molecule has 72 valence electrons. The molecule has 3 nitrogen and oxygen atoms in total. The van der Waals surface area contributed by atoms with Crippen LogP contribution in [-0.4, -0.2) is 4.92 Å². The predicted octanol–water partition coefficient (Wildman–Crippen LogP) is 3.71. The molecule has 0 saturated carbocycles. The minimum Gasteiger partial charge on any atom is -0.258 e. The molecule has 2 aromatic rings. The standard InChI is InChI=1S/C8H3BrFNO2S/c9-8-4-3-7(11(12)13)14-6(4)2-1-5(8)10/h1-3H. The second kappa shape index (κ2) is 3.29. The molecule has 0 atom stereocenters. The van der Waals surface area contributed by atoms with Crippen LogP contribution in [0.3, 0.4) is 0 Å². The number of thiophene rings is 1. The summed E-state index contributed by atoms with van der Waals surface area (Å²) in [4.78, 5) is 10.00. The van der Waals surface area contributed by atoms with E-state index in [1.807, 2.05) is 0 Å². The van der Waals surface area contributed by atoms with Gasteiger partial charge in [-0.2, -0.15) is 0 Å². The van der Waals surface area contributed by atoms with Crippen LogP contribution in [0, 0.1) is 15.9 Å². The molecule has 0 fully saturated rings. The minimum atomic E-state index is -0.477. The summed E-state index contributed by atoms with van der Waals surface area (Å²) in [5.41, 5.74) is 0. The molecule has 14 heavy (non-hydrogen) atoms. The predicted molar refractivity (Wildman–Crippen MR) is 56.1 cm³/mol. The van der Waals surface area contributed by atoms with E-state index in [-0.39, 0.29) is 9.47 Å². The zero-order valence-electron chi connectivity index (χ0n) is 6.66. The molecule has 1 aromatic heterocycles. The zero-order valence-corrected chi connectivity index (χ0v) is 9.06. The lowest BCUT2D eigenvalue weighted by molar-refractivity contribution is -0.380. The van der Waals surface area contributed by atoms with Crippen LogP contribution in [0.5, 0.6) is 0 Å². The molecule has 1 aromatic carbocycles. The van der Waals surface area contributed by atoms with Gasteiger partial charge in [0.25, 0.3) is 0 Å². The van der Waals surface area contributed by atoms with Gasteiger partial charge in [-0.25, -0.2) is 4.39 Å². The van der Waals surface area contributed by atoms with Gasteiger partial charge in [-0.05, 0) is 28.1 Å². The Balaban J connectivity index is 2.77. The van der Waals surface area contributed by atoms with Crippen LogP contribution in [0.4, 0.5) is 9.39 Å². The molecule has 0 aliphatic carbocycles. The van der Waals surface area contributed by atoms with E-state index in [2.05, 4.69) is 15.9 Å². The number of fused-ring (bicyclic) bond motifs is 1. The molecule has 2 rings (SSSR count). The van der Waals surface area contributed by atoms with Gasteiger partial charge in [0.1, 0.15) is 5.82 Å². The topological polar surface area (TPSA) is 43.1 Å². The highest BCUT2D eigenvalue weighted by Gasteiger charge is 2.14. The zero-order chi connectivity index (χ0) is 10.3. The van der Waals surface area contributed by atoms with Crippen molar-refractivity contribution in [2.75, 3.05) is 0 Å². The van der Waals surface area contributed by atoms with Gasteiger partial charge in [0, 0.05) is 16.2 Å². The molecular formula is C8H3BrFNO2S. The van der Waals surface area contributed by atoms with Gasteiger partial charge in [-0.15, -0.1) is 0 Å². The highest BCUT2D eigenvalue weighted by Crippen LogP contribution is 2.36. The average molecular weight is 276 g/mol. The van der Waals surface area contributed by atoms with Crippen molar-refractivity contribution in [2.24, 2.45) is 0 Å². The molecule has 6 heteroatoms. The van der Waals surface area contributed by atoms with Gasteiger partial charge in [0.2, 0.25) is 0 Å². The van der Waals surface area contributed by atoms with Crippen molar-refractivity contribution >= 4 is 42.4 Å². The maximum atomic E-state index is 13.0. The highest BCUT2D eigenvalue weighted by molar-refractivity contribution is 9.10. The van der Waals surface area contributed by atoms with E-state index in [1.54, 1.807) is 0 Å². The number of benzene rings is 1. The van der Waals surface area contributed by atoms with E-state index in [9.17, 15) is 14.5 Å². The lowest BCUT2D eigenvalue weighted by Crippen LogP contribution is -1.80. The van der Waals surface area contributed by atoms with Crippen LogP contribution >= 0.6 is 27.3 Å². The van der Waals surface area contributed by atoms with Crippen molar-refractivity contribution in [3.8, 4) is 0 Å². The van der Waals surface area contributed by atoms with Gasteiger partial charge in [0.05, 0.1) is 9.40 Å².